The lowest BCUT2D eigenvalue weighted by molar-refractivity contribution is -0.502. The van der Waals surface area contributed by atoms with Gasteiger partial charge in [0.05, 0.1) is 11.1 Å². The predicted octanol–water partition coefficient (Wildman–Crippen LogP) is 5.15. The molecule has 4 nitrogen and oxygen atoms in total. The van der Waals surface area contributed by atoms with E-state index in [0.717, 1.165) is 45.1 Å². The second kappa shape index (κ2) is 7.13. The van der Waals surface area contributed by atoms with Gasteiger partial charge in [0.25, 0.3) is 24.8 Å². The summed E-state index contributed by atoms with van der Waals surface area (Å²) in [5, 5.41) is 0. The lowest BCUT2D eigenvalue weighted by atomic mass is 10.1. The van der Waals surface area contributed by atoms with Crippen molar-refractivity contribution in [3.8, 4) is 11.5 Å². The Morgan fingerprint density at radius 3 is 1.50 bits per heavy atom. The molecule has 30 heavy (non-hydrogen) atoms. The Labute approximate surface area is 177 Å². The maximum absolute atomic E-state index is 6.40. The maximum Gasteiger partial charge on any atom is 0.292 e. The van der Waals surface area contributed by atoms with Crippen LogP contribution in [0, 0.1) is 27.7 Å². The lowest BCUT2D eigenvalue weighted by Crippen LogP contribution is -2.17. The number of hydrogen-bond acceptors (Lipinski definition) is 2. The largest absolute Gasteiger partial charge is 0.435 e. The molecule has 0 aromatic heterocycles. The summed E-state index contributed by atoms with van der Waals surface area (Å²) in [6, 6.07) is 17.1. The SMILES string of the molecule is Cc1cc(C)c2c(c1)C=[N+]1COc3c(C)cc(C)cc3C=[N+](CO2)c2ccccc21. The molecule has 2 aliphatic heterocycles. The van der Waals surface area contributed by atoms with Crippen molar-refractivity contribution in [2.24, 2.45) is 0 Å². The molecule has 4 heteroatoms. The van der Waals surface area contributed by atoms with E-state index >= 15 is 0 Å². The topological polar surface area (TPSA) is 24.5 Å². The number of nitrogens with zero attached hydrogens (tertiary/aromatic N) is 2. The zero-order valence-corrected chi connectivity index (χ0v) is 17.9. The highest BCUT2D eigenvalue weighted by Gasteiger charge is 2.30. The van der Waals surface area contributed by atoms with E-state index in [4.69, 9.17) is 9.47 Å². The molecule has 0 fully saturated rings. The zero-order valence-electron chi connectivity index (χ0n) is 17.9. The molecule has 0 radical (unpaired) electrons. The van der Waals surface area contributed by atoms with Crippen LogP contribution in [0.1, 0.15) is 33.4 Å². The summed E-state index contributed by atoms with van der Waals surface area (Å²) in [5.41, 5.74) is 9.01. The van der Waals surface area contributed by atoms with Gasteiger partial charge in [-0.1, -0.05) is 24.3 Å². The number of ether oxygens (including phenoxy) is 2. The molecule has 3 aromatic rings. The Hall–Kier alpha value is -3.40. The van der Waals surface area contributed by atoms with Gasteiger partial charge in [0.15, 0.2) is 12.4 Å². The third kappa shape index (κ3) is 3.18. The molecule has 0 amide bonds. The van der Waals surface area contributed by atoms with Crippen molar-refractivity contribution < 1.29 is 18.6 Å². The first-order chi connectivity index (χ1) is 14.5. The van der Waals surface area contributed by atoms with Crippen LogP contribution in [-0.4, -0.2) is 35.0 Å². The van der Waals surface area contributed by atoms with Crippen LogP contribution in [0.3, 0.4) is 0 Å². The van der Waals surface area contributed by atoms with E-state index < -0.39 is 0 Å². The number of benzene rings is 3. The van der Waals surface area contributed by atoms with Gasteiger partial charge in [-0.25, -0.2) is 0 Å². The summed E-state index contributed by atoms with van der Waals surface area (Å²) in [4.78, 5) is 0. The Morgan fingerprint density at radius 1 is 0.633 bits per heavy atom. The molecule has 0 aliphatic carbocycles. The smallest absolute Gasteiger partial charge is 0.292 e. The van der Waals surface area contributed by atoms with Crippen LogP contribution in [0.15, 0.2) is 48.5 Å². The van der Waals surface area contributed by atoms with Crippen LogP contribution in [-0.2, 0) is 0 Å². The highest BCUT2D eigenvalue weighted by atomic mass is 16.5. The Bertz CT molecular complexity index is 1140. The van der Waals surface area contributed by atoms with Gasteiger partial charge in [-0.15, -0.1) is 0 Å². The highest BCUT2D eigenvalue weighted by Crippen LogP contribution is 2.34. The molecule has 0 spiro atoms. The molecule has 0 N–H and O–H groups in total. The first-order valence-corrected chi connectivity index (χ1v) is 10.3. The van der Waals surface area contributed by atoms with Crippen LogP contribution in [0.4, 0.5) is 11.4 Å². The van der Waals surface area contributed by atoms with Gasteiger partial charge < -0.3 is 9.47 Å². The third-order valence-corrected chi connectivity index (χ3v) is 5.68. The molecule has 2 bridgehead atoms. The summed E-state index contributed by atoms with van der Waals surface area (Å²) >= 11 is 0. The minimum absolute atomic E-state index is 0.419. The van der Waals surface area contributed by atoms with E-state index in [1.165, 1.54) is 11.1 Å². The van der Waals surface area contributed by atoms with Crippen LogP contribution >= 0.6 is 0 Å². The Morgan fingerprint density at radius 2 is 1.07 bits per heavy atom. The average Bonchev–Trinajstić information content (AvgIpc) is 2.79. The van der Waals surface area contributed by atoms with E-state index in [1.807, 2.05) is 0 Å². The molecule has 0 saturated carbocycles. The summed E-state index contributed by atoms with van der Waals surface area (Å²) in [5.74, 6) is 1.83. The van der Waals surface area contributed by atoms with E-state index in [9.17, 15) is 0 Å². The number of hydrogen-bond donors (Lipinski definition) is 0. The maximum atomic E-state index is 6.40. The third-order valence-electron chi connectivity index (χ3n) is 5.68. The number of rotatable bonds is 0. The van der Waals surface area contributed by atoms with Gasteiger partial charge in [-0.3, -0.25) is 0 Å². The Balaban J connectivity index is 1.82. The van der Waals surface area contributed by atoms with Crippen molar-refractivity contribution >= 4 is 23.8 Å². The molecule has 150 valence electrons. The van der Waals surface area contributed by atoms with Crippen LogP contribution in [0.25, 0.3) is 0 Å². The highest BCUT2D eigenvalue weighted by molar-refractivity contribution is 5.84. The van der Waals surface area contributed by atoms with Crippen molar-refractivity contribution in [2.45, 2.75) is 27.7 Å². The standard InChI is InChI=1S/C26H26N2O2/c1-17-9-19(3)25-21(11-17)13-27-15-30-26-20(4)10-18(2)12-22(26)14-28(16-29-25)24-8-6-5-7-23(24)27/h5-14H,15-16H2,1-4H3/q+2. The molecular weight excluding hydrogens is 372 g/mol. The summed E-state index contributed by atoms with van der Waals surface area (Å²) in [7, 11) is 0. The quantitative estimate of drug-likeness (QED) is 0.490. The van der Waals surface area contributed by atoms with Gasteiger partial charge in [0, 0.05) is 12.1 Å². The molecule has 0 saturated heterocycles. The lowest BCUT2D eigenvalue weighted by Gasteiger charge is -2.13. The van der Waals surface area contributed by atoms with Crippen molar-refractivity contribution in [3.05, 3.63) is 81.9 Å². The van der Waals surface area contributed by atoms with E-state index in [-0.39, 0.29) is 0 Å². The second-order valence-corrected chi connectivity index (χ2v) is 8.23. The van der Waals surface area contributed by atoms with E-state index in [0.29, 0.717) is 13.5 Å². The van der Waals surface area contributed by atoms with Crippen molar-refractivity contribution in [3.63, 3.8) is 0 Å². The van der Waals surface area contributed by atoms with E-state index in [2.05, 4.69) is 97.8 Å². The summed E-state index contributed by atoms with van der Waals surface area (Å²) in [6.07, 6.45) is 4.29. The van der Waals surface area contributed by atoms with Crippen LogP contribution in [0.5, 0.6) is 11.5 Å². The van der Waals surface area contributed by atoms with Gasteiger partial charge in [0.2, 0.25) is 0 Å². The van der Waals surface area contributed by atoms with Crippen molar-refractivity contribution in [1.29, 1.82) is 0 Å². The normalized spacial score (nSPS) is 14.7. The van der Waals surface area contributed by atoms with Gasteiger partial charge in [-0.05, 0) is 62.1 Å². The Kier molecular flexibility index (Phi) is 4.43. The summed E-state index contributed by atoms with van der Waals surface area (Å²) < 4.78 is 17.2. The number of fused-ring (bicyclic) bond motifs is 2. The monoisotopic (exact) mass is 398 g/mol. The molecule has 3 aromatic carbocycles. The first-order valence-electron chi connectivity index (χ1n) is 10.3. The fourth-order valence-corrected chi connectivity index (χ4v) is 4.47. The molecule has 2 aliphatic rings. The first kappa shape index (κ1) is 18.6. The fraction of sp³-hybridized carbons (Fsp3) is 0.231. The van der Waals surface area contributed by atoms with Crippen LogP contribution < -0.4 is 9.47 Å². The molecule has 5 rings (SSSR count). The number of para-hydroxylation sites is 2. The molecule has 0 unspecified atom stereocenters. The number of aryl methyl sites for hydroxylation is 4. The minimum Gasteiger partial charge on any atom is -0.435 e. The van der Waals surface area contributed by atoms with Crippen molar-refractivity contribution in [2.75, 3.05) is 13.5 Å². The van der Waals surface area contributed by atoms with Gasteiger partial charge >= 0.3 is 0 Å². The second-order valence-electron chi connectivity index (χ2n) is 8.23. The zero-order chi connectivity index (χ0) is 20.8. The van der Waals surface area contributed by atoms with Gasteiger partial charge in [0.1, 0.15) is 11.5 Å². The van der Waals surface area contributed by atoms with E-state index in [1.54, 1.807) is 0 Å². The summed E-state index contributed by atoms with van der Waals surface area (Å²) in [6.45, 7) is 9.28. The average molecular weight is 399 g/mol. The molecular formula is C26H26N2O2+2. The molecule has 0 atom stereocenters. The fourth-order valence-electron chi connectivity index (χ4n) is 4.47. The van der Waals surface area contributed by atoms with Crippen molar-refractivity contribution in [1.82, 2.24) is 0 Å². The van der Waals surface area contributed by atoms with Gasteiger partial charge in [-0.2, -0.15) is 9.15 Å². The predicted molar refractivity (Wildman–Crippen MR) is 119 cm³/mol. The van der Waals surface area contributed by atoms with Crippen LogP contribution in [0.2, 0.25) is 0 Å². The molecule has 2 heterocycles. The minimum atomic E-state index is 0.419.